The molecule has 0 radical (unpaired) electrons. The van der Waals surface area contributed by atoms with Gasteiger partial charge in [0.05, 0.1) is 12.2 Å². The van der Waals surface area contributed by atoms with Crippen molar-refractivity contribution >= 4 is 17.0 Å². The number of hydrogen-bond acceptors (Lipinski definition) is 5. The zero-order valence-electron chi connectivity index (χ0n) is 12.6. The summed E-state index contributed by atoms with van der Waals surface area (Å²) < 4.78 is 3.14. The molecule has 2 aromatic heterocycles. The van der Waals surface area contributed by atoms with Gasteiger partial charge >= 0.3 is 5.69 Å². The van der Waals surface area contributed by atoms with Gasteiger partial charge in [-0.3, -0.25) is 19.3 Å². The molecule has 3 heterocycles. The molecule has 118 valence electrons. The summed E-state index contributed by atoms with van der Waals surface area (Å²) in [6.07, 6.45) is 5.86. The van der Waals surface area contributed by atoms with Crippen molar-refractivity contribution in [1.82, 2.24) is 24.4 Å². The van der Waals surface area contributed by atoms with E-state index in [1.807, 2.05) is 0 Å². The summed E-state index contributed by atoms with van der Waals surface area (Å²) in [4.78, 5) is 34.4. The van der Waals surface area contributed by atoms with Gasteiger partial charge in [-0.25, -0.2) is 9.78 Å². The quantitative estimate of drug-likeness (QED) is 0.776. The molecule has 0 aliphatic carbocycles. The summed E-state index contributed by atoms with van der Waals surface area (Å²) >= 11 is 0. The minimum Gasteiger partial charge on any atom is -0.374 e. The summed E-state index contributed by atoms with van der Waals surface area (Å²) in [5.74, 6) is 1.09. The van der Waals surface area contributed by atoms with Gasteiger partial charge in [-0.1, -0.05) is 0 Å². The van der Waals surface area contributed by atoms with Crippen LogP contribution in [0.4, 0.5) is 0 Å². The van der Waals surface area contributed by atoms with Gasteiger partial charge in [0, 0.05) is 33.1 Å². The van der Waals surface area contributed by atoms with Crippen LogP contribution in [-0.4, -0.2) is 38.0 Å². The minimum atomic E-state index is -0.445. The van der Waals surface area contributed by atoms with Crippen LogP contribution in [0.25, 0.3) is 11.2 Å². The highest BCUT2D eigenvalue weighted by Gasteiger charge is 2.11. The Morgan fingerprint density at radius 3 is 3.00 bits per heavy atom. The molecule has 0 fully saturated rings. The molecule has 8 nitrogen and oxygen atoms in total. The molecule has 8 heteroatoms. The van der Waals surface area contributed by atoms with E-state index in [2.05, 4.69) is 20.3 Å². The van der Waals surface area contributed by atoms with Gasteiger partial charge in [0.25, 0.3) is 5.56 Å². The van der Waals surface area contributed by atoms with Crippen LogP contribution in [-0.2, 0) is 13.6 Å². The molecule has 2 aromatic rings. The molecular weight excluding hydrogens is 284 g/mol. The first-order valence-corrected chi connectivity index (χ1v) is 7.58. The molecule has 2 N–H and O–H groups in total. The summed E-state index contributed by atoms with van der Waals surface area (Å²) in [7, 11) is 1.60. The van der Waals surface area contributed by atoms with Crippen LogP contribution >= 0.6 is 0 Å². The Hall–Kier alpha value is -2.38. The number of H-pyrrole nitrogens is 1. The predicted molar refractivity (Wildman–Crippen MR) is 84.4 cm³/mol. The largest absolute Gasteiger partial charge is 0.374 e. The third kappa shape index (κ3) is 2.81. The number of imidazole rings is 1. The van der Waals surface area contributed by atoms with Gasteiger partial charge in [-0.15, -0.1) is 0 Å². The fourth-order valence-corrected chi connectivity index (χ4v) is 2.68. The Balaban J connectivity index is 1.67. The molecule has 0 saturated heterocycles. The molecule has 1 aliphatic rings. The Morgan fingerprint density at radius 1 is 1.36 bits per heavy atom. The zero-order valence-corrected chi connectivity index (χ0v) is 12.6. The van der Waals surface area contributed by atoms with E-state index < -0.39 is 5.69 Å². The van der Waals surface area contributed by atoms with Crippen LogP contribution in [0, 0.1) is 0 Å². The van der Waals surface area contributed by atoms with E-state index in [4.69, 9.17) is 0 Å². The molecule has 0 bridgehead atoms. The van der Waals surface area contributed by atoms with E-state index in [-0.39, 0.29) is 5.56 Å². The van der Waals surface area contributed by atoms with Crippen molar-refractivity contribution in [3.8, 4) is 0 Å². The van der Waals surface area contributed by atoms with Crippen molar-refractivity contribution in [3.63, 3.8) is 0 Å². The molecule has 0 unspecified atom stereocenters. The number of hydrogen-bond donors (Lipinski definition) is 2. The van der Waals surface area contributed by atoms with Gasteiger partial charge in [0.15, 0.2) is 11.2 Å². The molecule has 0 amide bonds. The second kappa shape index (κ2) is 6.17. The van der Waals surface area contributed by atoms with Gasteiger partial charge in [0.2, 0.25) is 0 Å². The van der Waals surface area contributed by atoms with Crippen molar-refractivity contribution < 1.29 is 0 Å². The molecule has 1 aliphatic heterocycles. The number of aliphatic imine (C=N–C) groups is 1. The van der Waals surface area contributed by atoms with Crippen molar-refractivity contribution in [2.24, 2.45) is 12.0 Å². The maximum Gasteiger partial charge on any atom is 0.329 e. The number of rotatable bonds is 4. The molecule has 3 rings (SSSR count). The SMILES string of the molecule is Cn1c(=O)[nH]c(=O)c2c1ncn2CCCNC1=NCCCC1. The van der Waals surface area contributed by atoms with Crippen molar-refractivity contribution in [3.05, 3.63) is 27.2 Å². The maximum absolute atomic E-state index is 11.9. The van der Waals surface area contributed by atoms with Gasteiger partial charge in [0.1, 0.15) is 0 Å². The Kier molecular flexibility index (Phi) is 4.08. The summed E-state index contributed by atoms with van der Waals surface area (Å²) in [5.41, 5.74) is 0.0235. The Bertz CT molecular complexity index is 813. The van der Waals surface area contributed by atoms with E-state index in [9.17, 15) is 9.59 Å². The number of aromatic nitrogens is 4. The van der Waals surface area contributed by atoms with Crippen molar-refractivity contribution in [2.45, 2.75) is 32.2 Å². The monoisotopic (exact) mass is 304 g/mol. The average molecular weight is 304 g/mol. The van der Waals surface area contributed by atoms with E-state index in [0.29, 0.717) is 17.7 Å². The van der Waals surface area contributed by atoms with E-state index in [0.717, 1.165) is 31.8 Å². The van der Waals surface area contributed by atoms with Crippen LogP contribution < -0.4 is 16.6 Å². The highest BCUT2D eigenvalue weighted by atomic mass is 16.2. The van der Waals surface area contributed by atoms with Gasteiger partial charge in [-0.2, -0.15) is 0 Å². The molecule has 0 saturated carbocycles. The lowest BCUT2D eigenvalue weighted by Gasteiger charge is -2.13. The minimum absolute atomic E-state index is 0.389. The molecule has 0 spiro atoms. The fraction of sp³-hybridized carbons (Fsp3) is 0.571. The molecule has 0 aromatic carbocycles. The highest BCUT2D eigenvalue weighted by molar-refractivity contribution is 5.82. The highest BCUT2D eigenvalue weighted by Crippen LogP contribution is 2.06. The smallest absolute Gasteiger partial charge is 0.329 e. The second-order valence-corrected chi connectivity index (χ2v) is 5.49. The lowest BCUT2D eigenvalue weighted by Crippen LogP contribution is -2.29. The summed E-state index contributed by atoms with van der Waals surface area (Å²) in [6.45, 7) is 2.39. The number of fused-ring (bicyclic) bond motifs is 1. The number of nitrogens with one attached hydrogen (secondary N) is 2. The van der Waals surface area contributed by atoms with E-state index in [1.165, 1.54) is 17.4 Å². The van der Waals surface area contributed by atoms with Crippen LogP contribution in [0.1, 0.15) is 25.7 Å². The Labute approximate surface area is 126 Å². The predicted octanol–water partition coefficient (Wildman–Crippen LogP) is -0.0146. The standard InChI is InChI=1S/C14H20N6O2/c1-19-12-11(13(21)18-14(19)22)20(9-17-12)8-4-7-16-10-5-2-3-6-15-10/h9H,2-8H2,1H3,(H,15,16)(H,18,21,22). The van der Waals surface area contributed by atoms with E-state index in [1.54, 1.807) is 17.9 Å². The lowest BCUT2D eigenvalue weighted by atomic mass is 10.2. The normalized spacial score (nSPS) is 15.0. The molecule has 0 atom stereocenters. The number of aromatic amines is 1. The number of amidine groups is 1. The lowest BCUT2D eigenvalue weighted by molar-refractivity contribution is 0.629. The van der Waals surface area contributed by atoms with E-state index >= 15 is 0 Å². The maximum atomic E-state index is 11.9. The van der Waals surface area contributed by atoms with Crippen LogP contribution in [0.15, 0.2) is 20.9 Å². The summed E-state index contributed by atoms with van der Waals surface area (Å²) in [5, 5.41) is 3.34. The second-order valence-electron chi connectivity index (χ2n) is 5.49. The number of aryl methyl sites for hydroxylation is 2. The van der Waals surface area contributed by atoms with Gasteiger partial charge < -0.3 is 9.88 Å². The first kappa shape index (κ1) is 14.6. The molecular formula is C14H20N6O2. The first-order chi connectivity index (χ1) is 10.7. The number of nitrogens with zero attached hydrogens (tertiary/aromatic N) is 4. The van der Waals surface area contributed by atoms with Crippen LogP contribution in [0.5, 0.6) is 0 Å². The average Bonchev–Trinajstić information content (AvgIpc) is 2.95. The summed E-state index contributed by atoms with van der Waals surface area (Å²) in [6, 6.07) is 0. The molecule has 22 heavy (non-hydrogen) atoms. The third-order valence-corrected chi connectivity index (χ3v) is 3.91. The Morgan fingerprint density at radius 2 is 2.23 bits per heavy atom. The van der Waals surface area contributed by atoms with Crippen molar-refractivity contribution in [1.29, 1.82) is 0 Å². The van der Waals surface area contributed by atoms with Crippen LogP contribution in [0.3, 0.4) is 0 Å². The zero-order chi connectivity index (χ0) is 15.5. The van der Waals surface area contributed by atoms with Gasteiger partial charge in [-0.05, 0) is 19.3 Å². The topological polar surface area (TPSA) is 97.1 Å². The fourth-order valence-electron chi connectivity index (χ4n) is 2.68. The van der Waals surface area contributed by atoms with Crippen LogP contribution in [0.2, 0.25) is 0 Å². The first-order valence-electron chi connectivity index (χ1n) is 7.58. The van der Waals surface area contributed by atoms with Crippen molar-refractivity contribution in [2.75, 3.05) is 13.1 Å². The third-order valence-electron chi connectivity index (χ3n) is 3.91.